The summed E-state index contributed by atoms with van der Waals surface area (Å²) in [5.41, 5.74) is -0.184. The molecule has 0 unspecified atom stereocenters. The van der Waals surface area contributed by atoms with Gasteiger partial charge in [0.15, 0.2) is 0 Å². The zero-order chi connectivity index (χ0) is 27.0. The van der Waals surface area contributed by atoms with Gasteiger partial charge in [-0.25, -0.2) is 14.4 Å². The Kier molecular flexibility index (Phi) is 6.14. The largest absolute Gasteiger partial charge is 0.507 e. The van der Waals surface area contributed by atoms with Crippen molar-refractivity contribution in [3.8, 4) is 17.2 Å². The highest BCUT2D eigenvalue weighted by molar-refractivity contribution is 6.04. The highest BCUT2D eigenvalue weighted by Gasteiger charge is 2.24. The first kappa shape index (κ1) is 24.3. The maximum atomic E-state index is 13.2. The second kappa shape index (κ2) is 9.59. The molecular formula is C30H20O8. The summed E-state index contributed by atoms with van der Waals surface area (Å²) in [5.74, 6) is -4.61. The molecule has 0 fully saturated rings. The van der Waals surface area contributed by atoms with E-state index in [9.17, 15) is 34.8 Å². The van der Waals surface area contributed by atoms with Gasteiger partial charge in [-0.05, 0) is 45.8 Å². The summed E-state index contributed by atoms with van der Waals surface area (Å²) >= 11 is 0. The number of carboxylic acid groups (broad SMARTS) is 2. The lowest BCUT2D eigenvalue weighted by molar-refractivity contribution is 0.0671. The summed E-state index contributed by atoms with van der Waals surface area (Å²) in [6.45, 7) is 0. The second-order valence-electron chi connectivity index (χ2n) is 8.62. The molecule has 0 amide bonds. The molecule has 0 heterocycles. The number of hydrogen-bond acceptors (Lipinski definition) is 6. The molecule has 0 saturated carbocycles. The first-order valence-electron chi connectivity index (χ1n) is 11.5. The molecule has 38 heavy (non-hydrogen) atoms. The van der Waals surface area contributed by atoms with E-state index in [-0.39, 0.29) is 40.0 Å². The van der Waals surface area contributed by atoms with Gasteiger partial charge in [-0.2, -0.15) is 0 Å². The van der Waals surface area contributed by atoms with Crippen molar-refractivity contribution in [3.05, 3.63) is 113 Å². The molecule has 5 rings (SSSR count). The maximum Gasteiger partial charge on any atom is 0.347 e. The monoisotopic (exact) mass is 508 g/mol. The maximum absolute atomic E-state index is 13.2. The quantitative estimate of drug-likeness (QED) is 0.171. The molecule has 0 atom stereocenters. The van der Waals surface area contributed by atoms with Crippen molar-refractivity contribution in [1.29, 1.82) is 0 Å². The number of carbonyl (C=O) groups excluding carboxylic acids is 1. The molecule has 0 aliphatic rings. The Bertz CT molecular complexity index is 1770. The van der Waals surface area contributed by atoms with E-state index in [4.69, 9.17) is 4.74 Å². The van der Waals surface area contributed by atoms with E-state index in [2.05, 4.69) is 0 Å². The number of phenols is 2. The highest BCUT2D eigenvalue weighted by Crippen LogP contribution is 2.39. The first-order chi connectivity index (χ1) is 18.3. The number of carboxylic acids is 2. The van der Waals surface area contributed by atoms with Crippen molar-refractivity contribution in [2.45, 2.75) is 6.42 Å². The summed E-state index contributed by atoms with van der Waals surface area (Å²) in [6.07, 6.45) is -0.105. The minimum absolute atomic E-state index is 0.105. The van der Waals surface area contributed by atoms with Gasteiger partial charge in [0.2, 0.25) is 0 Å². The minimum atomic E-state index is -1.31. The number of aromatic carboxylic acids is 2. The molecule has 5 aromatic carbocycles. The molecule has 0 bridgehead atoms. The van der Waals surface area contributed by atoms with Crippen LogP contribution in [0.25, 0.3) is 21.5 Å². The van der Waals surface area contributed by atoms with Crippen LogP contribution >= 0.6 is 0 Å². The molecule has 0 aliphatic carbocycles. The predicted octanol–water partition coefficient (Wildman–Crippen LogP) is 5.61. The molecule has 8 nitrogen and oxygen atoms in total. The van der Waals surface area contributed by atoms with Crippen LogP contribution in [-0.2, 0) is 6.42 Å². The smallest absolute Gasteiger partial charge is 0.347 e. The molecular weight excluding hydrogens is 488 g/mol. The van der Waals surface area contributed by atoms with Crippen LogP contribution < -0.4 is 4.74 Å². The van der Waals surface area contributed by atoms with Gasteiger partial charge < -0.3 is 25.2 Å². The summed E-state index contributed by atoms with van der Waals surface area (Å²) in [6, 6.07) is 22.4. The number of para-hydroxylation sites is 1. The van der Waals surface area contributed by atoms with E-state index in [1.54, 1.807) is 48.5 Å². The van der Waals surface area contributed by atoms with Gasteiger partial charge in [0, 0.05) is 17.5 Å². The van der Waals surface area contributed by atoms with Crippen LogP contribution in [0.4, 0.5) is 0 Å². The molecule has 0 spiro atoms. The highest BCUT2D eigenvalue weighted by atomic mass is 16.5. The van der Waals surface area contributed by atoms with Gasteiger partial charge >= 0.3 is 17.9 Å². The first-order valence-corrected chi connectivity index (χ1v) is 11.5. The Morgan fingerprint density at radius 3 is 1.66 bits per heavy atom. The third kappa shape index (κ3) is 4.24. The Morgan fingerprint density at radius 2 is 1.08 bits per heavy atom. The molecule has 5 aromatic rings. The number of aromatic hydroxyl groups is 2. The van der Waals surface area contributed by atoms with Crippen LogP contribution in [0.5, 0.6) is 17.2 Å². The van der Waals surface area contributed by atoms with Gasteiger partial charge in [-0.1, -0.05) is 60.7 Å². The summed E-state index contributed by atoms with van der Waals surface area (Å²) < 4.78 is 5.37. The van der Waals surface area contributed by atoms with E-state index in [1.807, 2.05) is 0 Å². The Morgan fingerprint density at radius 1 is 0.605 bits per heavy atom. The average Bonchev–Trinajstić information content (AvgIpc) is 2.91. The molecule has 0 saturated heterocycles. The van der Waals surface area contributed by atoms with Crippen LogP contribution in [0.15, 0.2) is 84.9 Å². The van der Waals surface area contributed by atoms with Crippen LogP contribution in [0, 0.1) is 0 Å². The van der Waals surface area contributed by atoms with Crippen LogP contribution in [-0.4, -0.2) is 38.3 Å². The van der Waals surface area contributed by atoms with Crippen LogP contribution in [0.3, 0.4) is 0 Å². The molecule has 0 aliphatic heterocycles. The average molecular weight is 508 g/mol. The van der Waals surface area contributed by atoms with Crippen molar-refractivity contribution >= 4 is 39.5 Å². The summed E-state index contributed by atoms with van der Waals surface area (Å²) in [7, 11) is 0. The number of fused-ring (bicyclic) bond motifs is 2. The third-order valence-corrected chi connectivity index (χ3v) is 6.38. The molecule has 0 radical (unpaired) electrons. The minimum Gasteiger partial charge on any atom is -0.507 e. The van der Waals surface area contributed by atoms with E-state index >= 15 is 0 Å². The van der Waals surface area contributed by atoms with E-state index < -0.39 is 29.4 Å². The van der Waals surface area contributed by atoms with E-state index in [0.29, 0.717) is 21.5 Å². The summed E-state index contributed by atoms with van der Waals surface area (Å²) in [4.78, 5) is 36.6. The predicted molar refractivity (Wildman–Crippen MR) is 139 cm³/mol. The molecule has 188 valence electrons. The van der Waals surface area contributed by atoms with Gasteiger partial charge in [-0.15, -0.1) is 0 Å². The lowest BCUT2D eigenvalue weighted by Gasteiger charge is -2.17. The number of hydrogen-bond donors (Lipinski definition) is 4. The van der Waals surface area contributed by atoms with E-state index in [1.165, 1.54) is 36.4 Å². The van der Waals surface area contributed by atoms with Crippen molar-refractivity contribution in [2.75, 3.05) is 0 Å². The third-order valence-electron chi connectivity index (χ3n) is 6.38. The topological polar surface area (TPSA) is 141 Å². The molecule has 4 N–H and O–H groups in total. The number of rotatable bonds is 6. The lowest BCUT2D eigenvalue weighted by atomic mass is 9.90. The number of ether oxygens (including phenoxy) is 1. The van der Waals surface area contributed by atoms with Gasteiger partial charge in [0.05, 0.1) is 0 Å². The number of phenolic OH excluding ortho intramolecular Hbond substituents is 1. The SMILES string of the molecule is O=C(O)c1ccccc1OC(=O)c1cc2ccccc2c(Cc2c(O)c(C(=O)O)cc3ccccc23)c1O. The number of benzene rings is 5. The van der Waals surface area contributed by atoms with Gasteiger partial charge in [0.25, 0.3) is 0 Å². The Labute approximate surface area is 215 Å². The fraction of sp³-hybridized carbons (Fsp3) is 0.0333. The van der Waals surface area contributed by atoms with Gasteiger partial charge in [0.1, 0.15) is 33.9 Å². The zero-order valence-corrected chi connectivity index (χ0v) is 19.7. The standard InChI is InChI=1S/C30H20O8/c31-26-21(18-9-3-1-7-16(18)13-23(26)29(35)36)15-22-19-10-4-2-8-17(19)14-24(27(22)32)30(37)38-25-12-6-5-11-20(25)28(33)34/h1-14,31-32H,15H2,(H,33,34)(H,35,36). The van der Waals surface area contributed by atoms with Crippen LogP contribution in [0.2, 0.25) is 0 Å². The fourth-order valence-electron chi connectivity index (χ4n) is 4.56. The van der Waals surface area contributed by atoms with Crippen molar-refractivity contribution in [2.24, 2.45) is 0 Å². The Hall–Kier alpha value is -5.37. The fourth-order valence-corrected chi connectivity index (χ4v) is 4.56. The zero-order valence-electron chi connectivity index (χ0n) is 19.7. The van der Waals surface area contributed by atoms with Crippen LogP contribution in [0.1, 0.15) is 42.2 Å². The normalized spacial score (nSPS) is 10.9. The van der Waals surface area contributed by atoms with E-state index in [0.717, 1.165) is 0 Å². The van der Waals surface area contributed by atoms with Crippen molar-refractivity contribution < 1.29 is 39.5 Å². The number of carbonyl (C=O) groups is 3. The number of esters is 1. The van der Waals surface area contributed by atoms with Crippen molar-refractivity contribution in [1.82, 2.24) is 0 Å². The van der Waals surface area contributed by atoms with Gasteiger partial charge in [-0.3, -0.25) is 0 Å². The molecule has 0 aromatic heterocycles. The molecule has 8 heteroatoms. The van der Waals surface area contributed by atoms with Crippen molar-refractivity contribution in [3.63, 3.8) is 0 Å². The Balaban J connectivity index is 1.68. The summed E-state index contributed by atoms with van der Waals surface area (Å²) in [5, 5.41) is 43.6. The lowest BCUT2D eigenvalue weighted by Crippen LogP contribution is -2.12. The second-order valence-corrected chi connectivity index (χ2v) is 8.62.